The molecule has 0 radical (unpaired) electrons. The minimum atomic E-state index is -0.0617. The van der Waals surface area contributed by atoms with Crippen LogP contribution in [0, 0.1) is 0 Å². The number of unbranched alkanes of at least 4 members (excludes halogenated alkanes) is 3. The van der Waals surface area contributed by atoms with Crippen LogP contribution in [0.1, 0.15) is 70.6 Å². The zero-order valence-corrected chi connectivity index (χ0v) is 99.0. The van der Waals surface area contributed by atoms with E-state index in [1.54, 1.807) is 85.1 Å². The first-order chi connectivity index (χ1) is 71.9. The predicted molar refractivity (Wildman–Crippen MR) is 609 cm³/mol. The molecule has 11 saturated heterocycles. The van der Waals surface area contributed by atoms with Crippen molar-refractivity contribution in [1.29, 1.82) is 0 Å². The third kappa shape index (κ3) is 80.4. The number of piperazine rings is 11. The Labute approximate surface area is 905 Å². The maximum atomic E-state index is 10.9. The average molecular weight is 2120 g/mol. The molecule has 11 aliphatic heterocycles. The number of methoxy groups -OCH3 is 8. The van der Waals surface area contributed by atoms with Crippen molar-refractivity contribution in [3.05, 3.63) is 12.3 Å². The van der Waals surface area contributed by atoms with Gasteiger partial charge in [0.25, 0.3) is 0 Å². The molecular formula is C108H232N26O14. The molecule has 0 aromatic rings. The molecule has 0 aromatic heterocycles. The largest absolute Gasteiger partial charge is 0.391 e. The minimum Gasteiger partial charge on any atom is -0.391 e. The molecule has 3 amide bonds. The van der Waals surface area contributed by atoms with Crippen molar-refractivity contribution in [1.82, 2.24) is 129 Å². The SMILES string of the molecule is C=C(CN1CCN(CCOC)CC1)NC.CN1CCN(CCCCN2CCN(C)CC2)CC1.CN1CCN(CCCN2CCN(C)CC2)CC1.CNC(=O)COCCCCN1CCN(C)CC1.CNC(=O)COCCCN1CCN(C)CC1.CNC(=O)COCCN1CCN(C)CC1.COC.COCCCCN1CCN(CCOC)CC1.COCCCN1CCN(CCCOC)CC1.COCCCN1CCN(CCOC)CC1. The molecule has 0 unspecified atom stereocenters. The van der Waals surface area contributed by atoms with Gasteiger partial charge < -0.3 is 157 Å². The summed E-state index contributed by atoms with van der Waals surface area (Å²) in [6.45, 7) is 82.5. The van der Waals surface area contributed by atoms with Gasteiger partial charge in [0.05, 0.1) is 26.4 Å². The fourth-order valence-electron chi connectivity index (χ4n) is 18.3. The van der Waals surface area contributed by atoms with Gasteiger partial charge in [-0.05, 0) is 159 Å². The van der Waals surface area contributed by atoms with E-state index in [-0.39, 0.29) is 37.5 Å². The van der Waals surface area contributed by atoms with Crippen LogP contribution in [0.2, 0.25) is 0 Å². The monoisotopic (exact) mass is 2120 g/mol. The van der Waals surface area contributed by atoms with Crippen molar-refractivity contribution >= 4 is 17.7 Å². The molecule has 11 rings (SSSR count). The Kier molecular flexibility index (Phi) is 93.2. The van der Waals surface area contributed by atoms with E-state index in [2.05, 4.69) is 190 Å². The predicted octanol–water partition coefficient (Wildman–Crippen LogP) is 0.179. The lowest BCUT2D eigenvalue weighted by molar-refractivity contribution is -0.126. The zero-order valence-electron chi connectivity index (χ0n) is 99.0. The Hall–Kier alpha value is -3.37. The van der Waals surface area contributed by atoms with Crippen molar-refractivity contribution in [2.45, 2.75) is 70.6 Å². The molecule has 40 heteroatoms. The van der Waals surface area contributed by atoms with Crippen LogP contribution >= 0.6 is 0 Å². The Balaban J connectivity index is 0.000000561. The van der Waals surface area contributed by atoms with Gasteiger partial charge >= 0.3 is 0 Å². The maximum absolute atomic E-state index is 10.9. The van der Waals surface area contributed by atoms with Crippen LogP contribution in [0.25, 0.3) is 0 Å². The maximum Gasteiger partial charge on any atom is 0.245 e. The van der Waals surface area contributed by atoms with E-state index in [0.717, 1.165) is 215 Å². The van der Waals surface area contributed by atoms with Crippen LogP contribution in [-0.2, 0) is 66.5 Å². The van der Waals surface area contributed by atoms with Crippen LogP contribution in [0.4, 0.5) is 0 Å². The van der Waals surface area contributed by atoms with Crippen LogP contribution in [0.3, 0.4) is 0 Å². The summed E-state index contributed by atoms with van der Waals surface area (Å²) >= 11 is 0. The molecule has 0 spiro atoms. The number of nitrogens with one attached hydrogen (secondary N) is 4. The Morgan fingerprint density at radius 1 is 0.189 bits per heavy atom. The van der Waals surface area contributed by atoms with Gasteiger partial charge in [0.1, 0.15) is 19.8 Å². The first kappa shape index (κ1) is 141. The lowest BCUT2D eigenvalue weighted by Gasteiger charge is -2.34. The van der Waals surface area contributed by atoms with Gasteiger partial charge in [0.2, 0.25) is 17.7 Å². The summed E-state index contributed by atoms with van der Waals surface area (Å²) in [5.41, 5.74) is 1.10. The van der Waals surface area contributed by atoms with Gasteiger partial charge in [-0.1, -0.05) is 6.58 Å². The second-order valence-electron chi connectivity index (χ2n) is 41.5. The summed E-state index contributed by atoms with van der Waals surface area (Å²) in [5.74, 6) is -0.169. The summed E-state index contributed by atoms with van der Waals surface area (Å²) in [6.07, 6.45) is 13.2. The third-order valence-electron chi connectivity index (χ3n) is 29.2. The Morgan fingerprint density at radius 3 is 0.561 bits per heavy atom. The van der Waals surface area contributed by atoms with Gasteiger partial charge in [0.15, 0.2) is 0 Å². The number of carbonyl (C=O) groups excluding carboxylic acids is 3. The highest BCUT2D eigenvalue weighted by atomic mass is 16.5. The van der Waals surface area contributed by atoms with E-state index in [1.165, 1.54) is 294 Å². The first-order valence-electron chi connectivity index (χ1n) is 57.1. The fraction of sp³-hybridized carbons (Fsp3) is 0.954. The quantitative estimate of drug-likeness (QED) is 0.0592. The van der Waals surface area contributed by atoms with Crippen molar-refractivity contribution in [2.24, 2.45) is 0 Å². The topological polar surface area (TPSA) is 272 Å². The average Bonchev–Trinajstić information content (AvgIpc) is 0.885. The Morgan fingerprint density at radius 2 is 0.345 bits per heavy atom. The number of amides is 3. The number of hydrogen-bond donors (Lipinski definition) is 4. The highest BCUT2D eigenvalue weighted by molar-refractivity contribution is 5.77. The number of nitrogens with zero attached hydrogens (tertiary/aromatic N) is 22. The number of likely N-dealkylation sites (N-methyl/N-ethyl adjacent to an activating group) is 11. The lowest BCUT2D eigenvalue weighted by atomic mass is 10.2. The van der Waals surface area contributed by atoms with Gasteiger partial charge in [0, 0.05) is 484 Å². The number of carbonyl (C=O) groups is 3. The van der Waals surface area contributed by atoms with Gasteiger partial charge in [-0.25, -0.2) is 0 Å². The van der Waals surface area contributed by atoms with E-state index in [0.29, 0.717) is 19.8 Å². The number of hydrogen-bond acceptors (Lipinski definition) is 37. The number of ether oxygens (including phenoxy) is 11. The molecule has 0 aliphatic carbocycles. The zero-order chi connectivity index (χ0) is 108. The van der Waals surface area contributed by atoms with Crippen LogP contribution in [0.15, 0.2) is 12.3 Å². The molecule has 11 heterocycles. The summed E-state index contributed by atoms with van der Waals surface area (Å²) < 4.78 is 55.5. The molecule has 0 atom stereocenters. The molecule has 0 saturated carbocycles. The van der Waals surface area contributed by atoms with Crippen LogP contribution < -0.4 is 21.3 Å². The molecule has 4 N–H and O–H groups in total. The number of rotatable bonds is 56. The van der Waals surface area contributed by atoms with Crippen molar-refractivity contribution in [2.75, 3.05) is 614 Å². The summed E-state index contributed by atoms with van der Waals surface area (Å²) in [6, 6.07) is 0. The summed E-state index contributed by atoms with van der Waals surface area (Å²) in [7, 11) is 37.8. The first-order valence-corrected chi connectivity index (χ1v) is 57.1. The second-order valence-corrected chi connectivity index (χ2v) is 41.5. The van der Waals surface area contributed by atoms with E-state index in [1.807, 2.05) is 7.05 Å². The van der Waals surface area contributed by atoms with Crippen LogP contribution in [0.5, 0.6) is 0 Å². The Bertz CT molecular complexity index is 2830. The summed E-state index contributed by atoms with van der Waals surface area (Å²) in [5, 5.41) is 10.7. The lowest BCUT2D eigenvalue weighted by Crippen LogP contribution is -2.48. The van der Waals surface area contributed by atoms with Crippen molar-refractivity contribution < 1.29 is 66.5 Å². The molecule has 0 bridgehead atoms. The van der Waals surface area contributed by atoms with E-state index in [9.17, 15) is 14.4 Å². The highest BCUT2D eigenvalue weighted by Crippen LogP contribution is 2.13. The van der Waals surface area contributed by atoms with Crippen molar-refractivity contribution in [3.8, 4) is 0 Å². The van der Waals surface area contributed by atoms with Gasteiger partial charge in [-0.3, -0.25) is 38.9 Å². The minimum absolute atomic E-state index is 0.0518. The molecule has 11 fully saturated rings. The van der Waals surface area contributed by atoms with E-state index in [4.69, 9.17) is 47.4 Å². The van der Waals surface area contributed by atoms with Gasteiger partial charge in [-0.2, -0.15) is 0 Å². The molecule has 11 aliphatic rings. The highest BCUT2D eigenvalue weighted by Gasteiger charge is 2.25. The molecule has 40 nitrogen and oxygen atoms in total. The third-order valence-corrected chi connectivity index (χ3v) is 29.2. The normalized spacial score (nSPS) is 20.4. The molecule has 0 aromatic carbocycles. The van der Waals surface area contributed by atoms with Crippen LogP contribution in [-0.4, -0.2) is 739 Å². The summed E-state index contributed by atoms with van der Waals surface area (Å²) in [4.78, 5) is 87.1. The molecule has 878 valence electrons. The smallest absolute Gasteiger partial charge is 0.245 e. The molecular weight excluding hydrogens is 1890 g/mol. The fourth-order valence-corrected chi connectivity index (χ4v) is 18.3. The van der Waals surface area contributed by atoms with Gasteiger partial charge in [-0.15, -0.1) is 0 Å². The molecule has 148 heavy (non-hydrogen) atoms. The van der Waals surface area contributed by atoms with E-state index >= 15 is 0 Å². The van der Waals surface area contributed by atoms with Crippen molar-refractivity contribution in [3.63, 3.8) is 0 Å². The van der Waals surface area contributed by atoms with E-state index < -0.39 is 0 Å². The second kappa shape index (κ2) is 98.0. The standard InChI is InChI=1S/C14H30N4.C13H28N4.C12H25N3O2.2C12H26N2O2.C11H23N3O2.C11H23N3O.C11H24N2O2.C10H21N3O2.C2H6O/c1-15-7-11-17(12-8-15)5-3-4-6-18-13-9-16(2)10-14-18;1-14-6-10-16(11-7-14)4-3-5-17-12-8-15(2)9-13-17;1-13-12(16)11-17-10-4-3-5-15-8-6-14(2)7-9-15;1-15-11-3-5-13-7-9-14(10-8-13)6-4-12-16-2;1-15-11-4-3-5-13-6-8-14(9-7-13)10-12-16-2;1-12-11(15)10-16-9-3-4-14-7-5-13(2)6-8-14;1-11(12-2)10-14-6-4-13(5-7-14)8-9-15-3;1-14-10-3-4-12-5-7-13(8-6-12)9-11-15-2;1-11-10(14)9-15-8-7-13-5-3-12(2)4-6-13;1-3-2/h3-14H2,1-2H3;3-13H2,1-2H3;3-11H2,1-2H3,(H,13,16);2*3-12H2,1-2H3;3-10H2,1-2H3,(H,12,15);12H,1,4-10H2,2-3H3;3-11H2,1-2H3;3-9H2,1-2H3,(H,11,14);1-2H3.